The van der Waals surface area contributed by atoms with E-state index in [4.69, 9.17) is 9.84 Å². The van der Waals surface area contributed by atoms with E-state index in [0.717, 1.165) is 5.56 Å². The molecule has 0 amide bonds. The minimum atomic E-state index is -0.763. The summed E-state index contributed by atoms with van der Waals surface area (Å²) in [5, 5.41) is 9.00. The highest BCUT2D eigenvalue weighted by atomic mass is 16.6. The van der Waals surface area contributed by atoms with E-state index in [1.165, 1.54) is 0 Å². The first kappa shape index (κ1) is 11.2. The van der Waals surface area contributed by atoms with E-state index in [-0.39, 0.29) is 11.9 Å². The zero-order valence-corrected chi connectivity index (χ0v) is 9.76. The highest BCUT2D eigenvalue weighted by molar-refractivity contribution is 5.94. The van der Waals surface area contributed by atoms with Crippen molar-refractivity contribution in [1.82, 2.24) is 4.98 Å². The number of carboxylic acid groups (broad SMARTS) is 1. The summed E-state index contributed by atoms with van der Waals surface area (Å²) in [5.74, 6) is -1.41. The topological polar surface area (TPSA) is 76.5 Å². The number of fused-ring (bicyclic) bond motifs is 2. The lowest BCUT2D eigenvalue weighted by Gasteiger charge is -2.34. The van der Waals surface area contributed by atoms with Crippen molar-refractivity contribution in [2.24, 2.45) is 5.92 Å². The molecule has 0 saturated heterocycles. The molecule has 1 fully saturated rings. The van der Waals surface area contributed by atoms with Crippen molar-refractivity contribution in [2.75, 3.05) is 0 Å². The van der Waals surface area contributed by atoms with Gasteiger partial charge in [-0.25, -0.2) is 4.79 Å². The molecule has 1 aliphatic heterocycles. The zero-order chi connectivity index (χ0) is 12.8. The average molecular weight is 247 g/mol. The minimum absolute atomic E-state index is 0.318. The SMILES string of the molecule is O=C1OC2(CCC(C(=O)O)CC2)c2cnccc21. The number of hydrogen-bond donors (Lipinski definition) is 1. The lowest BCUT2D eigenvalue weighted by Crippen LogP contribution is -2.34. The summed E-state index contributed by atoms with van der Waals surface area (Å²) in [4.78, 5) is 26.8. The highest BCUT2D eigenvalue weighted by Gasteiger charge is 2.48. The van der Waals surface area contributed by atoms with Crippen LogP contribution in [0.3, 0.4) is 0 Å². The van der Waals surface area contributed by atoms with Gasteiger partial charge in [-0.15, -0.1) is 0 Å². The number of esters is 1. The maximum absolute atomic E-state index is 11.8. The number of carbonyl (C=O) groups is 2. The van der Waals surface area contributed by atoms with Crippen LogP contribution in [0.1, 0.15) is 41.6 Å². The molecule has 0 unspecified atom stereocenters. The molecule has 1 aliphatic carbocycles. The van der Waals surface area contributed by atoms with E-state index in [1.807, 2.05) is 0 Å². The van der Waals surface area contributed by atoms with Gasteiger partial charge >= 0.3 is 11.9 Å². The number of rotatable bonds is 1. The van der Waals surface area contributed by atoms with E-state index in [2.05, 4.69) is 4.98 Å². The molecule has 1 aromatic rings. The van der Waals surface area contributed by atoms with Gasteiger partial charge in [-0.2, -0.15) is 0 Å². The Balaban J connectivity index is 1.91. The van der Waals surface area contributed by atoms with Gasteiger partial charge in [-0.05, 0) is 31.7 Å². The zero-order valence-electron chi connectivity index (χ0n) is 9.76. The molecular weight excluding hydrogens is 234 g/mol. The van der Waals surface area contributed by atoms with Crippen molar-refractivity contribution in [3.63, 3.8) is 0 Å². The van der Waals surface area contributed by atoms with Crippen LogP contribution in [0.4, 0.5) is 0 Å². The van der Waals surface area contributed by atoms with Crippen molar-refractivity contribution >= 4 is 11.9 Å². The van der Waals surface area contributed by atoms with Crippen LogP contribution >= 0.6 is 0 Å². The van der Waals surface area contributed by atoms with Crippen LogP contribution in [0.5, 0.6) is 0 Å². The molecule has 1 aromatic heterocycles. The van der Waals surface area contributed by atoms with Gasteiger partial charge in [0.25, 0.3) is 0 Å². The molecule has 94 valence electrons. The Hall–Kier alpha value is -1.91. The first-order valence-corrected chi connectivity index (χ1v) is 6.03. The van der Waals surface area contributed by atoms with Crippen molar-refractivity contribution in [2.45, 2.75) is 31.3 Å². The number of hydrogen-bond acceptors (Lipinski definition) is 4. The van der Waals surface area contributed by atoms with Gasteiger partial charge in [0.05, 0.1) is 11.5 Å². The Morgan fingerprint density at radius 3 is 2.83 bits per heavy atom. The Labute approximate surface area is 104 Å². The number of aliphatic carboxylic acids is 1. The van der Waals surface area contributed by atoms with Crippen molar-refractivity contribution in [1.29, 1.82) is 0 Å². The summed E-state index contributed by atoms with van der Waals surface area (Å²) in [5.41, 5.74) is 0.754. The third kappa shape index (κ3) is 1.50. The second-order valence-corrected chi connectivity index (χ2v) is 4.92. The van der Waals surface area contributed by atoms with Crippen molar-refractivity contribution in [3.8, 4) is 0 Å². The Morgan fingerprint density at radius 2 is 2.17 bits per heavy atom. The summed E-state index contributed by atoms with van der Waals surface area (Å²) in [7, 11) is 0. The molecule has 18 heavy (non-hydrogen) atoms. The van der Waals surface area contributed by atoms with Gasteiger partial charge in [0.15, 0.2) is 0 Å². The molecule has 0 atom stereocenters. The van der Waals surface area contributed by atoms with Crippen molar-refractivity contribution < 1.29 is 19.4 Å². The second kappa shape index (κ2) is 3.80. The first-order chi connectivity index (χ1) is 8.62. The van der Waals surface area contributed by atoms with Crippen LogP contribution in [0.2, 0.25) is 0 Å². The third-order valence-corrected chi connectivity index (χ3v) is 3.96. The highest BCUT2D eigenvalue weighted by Crippen LogP contribution is 2.47. The Kier molecular flexibility index (Phi) is 2.36. The van der Waals surface area contributed by atoms with E-state index in [0.29, 0.717) is 31.2 Å². The number of carbonyl (C=O) groups excluding carboxylic acids is 1. The Bertz CT molecular complexity index is 517. The summed E-state index contributed by atoms with van der Waals surface area (Å²) < 4.78 is 5.52. The molecule has 5 nitrogen and oxygen atoms in total. The van der Waals surface area contributed by atoms with Crippen LogP contribution in [-0.4, -0.2) is 22.0 Å². The molecule has 2 heterocycles. The number of aromatic nitrogens is 1. The fourth-order valence-corrected chi connectivity index (χ4v) is 2.93. The smallest absolute Gasteiger partial charge is 0.339 e. The fraction of sp³-hybridized carbons (Fsp3) is 0.462. The van der Waals surface area contributed by atoms with E-state index in [1.54, 1.807) is 18.5 Å². The standard InChI is InChI=1S/C13H13NO4/c15-11(16)8-1-4-13(5-2-8)10-7-14-6-3-9(10)12(17)18-13/h3,6-8H,1-2,4-5H2,(H,15,16). The quantitative estimate of drug-likeness (QED) is 0.764. The van der Waals surface area contributed by atoms with Gasteiger partial charge in [-0.1, -0.05) is 0 Å². The molecule has 5 heteroatoms. The van der Waals surface area contributed by atoms with Crippen LogP contribution < -0.4 is 0 Å². The Morgan fingerprint density at radius 1 is 1.44 bits per heavy atom. The maximum Gasteiger partial charge on any atom is 0.339 e. The summed E-state index contributed by atoms with van der Waals surface area (Å²) in [6.07, 6.45) is 5.44. The summed E-state index contributed by atoms with van der Waals surface area (Å²) in [6.45, 7) is 0. The third-order valence-electron chi connectivity index (χ3n) is 3.96. The number of pyridine rings is 1. The van der Waals surface area contributed by atoms with Gasteiger partial charge in [0.2, 0.25) is 0 Å². The number of nitrogens with zero attached hydrogens (tertiary/aromatic N) is 1. The van der Waals surface area contributed by atoms with Crippen molar-refractivity contribution in [3.05, 3.63) is 29.6 Å². The maximum atomic E-state index is 11.8. The monoisotopic (exact) mass is 247 g/mol. The van der Waals surface area contributed by atoms with E-state index < -0.39 is 11.6 Å². The molecule has 0 aromatic carbocycles. The van der Waals surface area contributed by atoms with E-state index in [9.17, 15) is 9.59 Å². The average Bonchev–Trinajstić information content (AvgIpc) is 2.64. The molecule has 2 aliphatic rings. The number of ether oxygens (including phenoxy) is 1. The lowest BCUT2D eigenvalue weighted by atomic mass is 9.75. The minimum Gasteiger partial charge on any atom is -0.481 e. The largest absolute Gasteiger partial charge is 0.481 e. The van der Waals surface area contributed by atoms with Gasteiger partial charge in [0.1, 0.15) is 5.60 Å². The van der Waals surface area contributed by atoms with Gasteiger partial charge in [-0.3, -0.25) is 9.78 Å². The molecule has 0 radical (unpaired) electrons. The normalized spacial score (nSPS) is 30.0. The van der Waals surface area contributed by atoms with Gasteiger partial charge < -0.3 is 9.84 Å². The molecule has 1 spiro atoms. The molecule has 1 saturated carbocycles. The summed E-state index contributed by atoms with van der Waals surface area (Å²) in [6, 6.07) is 1.66. The molecule has 0 bridgehead atoms. The number of carboxylic acids is 1. The molecular formula is C13H13NO4. The predicted octanol–water partition coefficient (Wildman–Crippen LogP) is 1.72. The van der Waals surface area contributed by atoms with Crippen LogP contribution in [0, 0.1) is 5.92 Å². The van der Waals surface area contributed by atoms with Gasteiger partial charge in [0, 0.05) is 18.0 Å². The molecule has 3 rings (SSSR count). The van der Waals surface area contributed by atoms with Crippen LogP contribution in [0.15, 0.2) is 18.5 Å². The second-order valence-electron chi connectivity index (χ2n) is 4.92. The molecule has 1 N–H and O–H groups in total. The predicted molar refractivity (Wildman–Crippen MR) is 60.9 cm³/mol. The van der Waals surface area contributed by atoms with Crippen LogP contribution in [-0.2, 0) is 15.1 Å². The summed E-state index contributed by atoms with van der Waals surface area (Å²) >= 11 is 0. The first-order valence-electron chi connectivity index (χ1n) is 6.03. The fourth-order valence-electron chi connectivity index (χ4n) is 2.93. The van der Waals surface area contributed by atoms with Crippen LogP contribution in [0.25, 0.3) is 0 Å². The van der Waals surface area contributed by atoms with E-state index >= 15 is 0 Å². The lowest BCUT2D eigenvalue weighted by molar-refractivity contribution is -0.144.